The van der Waals surface area contributed by atoms with Crippen LogP contribution in [0.2, 0.25) is 5.02 Å². The SMILES string of the molecule is NCC1(c2cccc(Cl)c2)CCC(N(CCC(=O)O)C(=O)c2cccnc2)CC1. The minimum absolute atomic E-state index is 0.0269. The summed E-state index contributed by atoms with van der Waals surface area (Å²) in [6, 6.07) is 11.2. The highest BCUT2D eigenvalue weighted by atomic mass is 35.5. The Morgan fingerprint density at radius 3 is 2.59 bits per heavy atom. The second-order valence-corrected chi connectivity index (χ2v) is 8.05. The molecule has 7 heteroatoms. The zero-order valence-electron chi connectivity index (χ0n) is 16.3. The lowest BCUT2D eigenvalue weighted by Crippen LogP contribution is -2.48. The number of hydrogen-bond donors (Lipinski definition) is 2. The fourth-order valence-electron chi connectivity index (χ4n) is 4.22. The first-order valence-electron chi connectivity index (χ1n) is 9.84. The summed E-state index contributed by atoms with van der Waals surface area (Å²) in [5.41, 5.74) is 7.61. The van der Waals surface area contributed by atoms with E-state index in [2.05, 4.69) is 11.1 Å². The first-order chi connectivity index (χ1) is 13.9. The van der Waals surface area contributed by atoms with Crippen molar-refractivity contribution in [3.05, 3.63) is 64.9 Å². The van der Waals surface area contributed by atoms with Crippen LogP contribution in [0, 0.1) is 0 Å². The standard InChI is InChI=1S/C22H26ClN3O3/c23-18-5-1-4-17(13-18)22(15-24)9-6-19(7-10-22)26(12-8-20(27)28)21(29)16-3-2-11-25-14-16/h1-5,11,13-14,19H,6-10,12,15,24H2,(H,27,28). The molecule has 1 fully saturated rings. The van der Waals surface area contributed by atoms with E-state index in [1.807, 2.05) is 18.2 Å². The molecular formula is C22H26ClN3O3. The summed E-state index contributed by atoms with van der Waals surface area (Å²) in [4.78, 5) is 29.9. The van der Waals surface area contributed by atoms with Crippen molar-refractivity contribution in [2.24, 2.45) is 5.73 Å². The topological polar surface area (TPSA) is 96.5 Å². The summed E-state index contributed by atoms with van der Waals surface area (Å²) in [7, 11) is 0. The van der Waals surface area contributed by atoms with Gasteiger partial charge in [-0.15, -0.1) is 0 Å². The highest BCUT2D eigenvalue weighted by Crippen LogP contribution is 2.41. The lowest BCUT2D eigenvalue weighted by molar-refractivity contribution is -0.137. The van der Waals surface area contributed by atoms with E-state index in [9.17, 15) is 9.59 Å². The number of amides is 1. The minimum atomic E-state index is -0.917. The third-order valence-corrected chi connectivity index (χ3v) is 6.15. The van der Waals surface area contributed by atoms with Gasteiger partial charge in [0.15, 0.2) is 0 Å². The van der Waals surface area contributed by atoms with E-state index in [4.69, 9.17) is 22.4 Å². The monoisotopic (exact) mass is 415 g/mol. The van der Waals surface area contributed by atoms with Gasteiger partial charge in [-0.25, -0.2) is 0 Å². The van der Waals surface area contributed by atoms with Gasteiger partial charge in [0.25, 0.3) is 5.91 Å². The molecule has 0 unspecified atom stereocenters. The summed E-state index contributed by atoms with van der Waals surface area (Å²) >= 11 is 6.19. The number of hydrogen-bond acceptors (Lipinski definition) is 4. The molecule has 3 rings (SSSR count). The van der Waals surface area contributed by atoms with Crippen molar-refractivity contribution in [2.75, 3.05) is 13.1 Å². The van der Waals surface area contributed by atoms with Gasteiger partial charge in [0.1, 0.15) is 0 Å². The van der Waals surface area contributed by atoms with E-state index in [1.165, 1.54) is 6.20 Å². The summed E-state index contributed by atoms with van der Waals surface area (Å²) in [6.07, 6.45) is 6.20. The van der Waals surface area contributed by atoms with Crippen LogP contribution in [0.25, 0.3) is 0 Å². The number of carboxylic acids is 1. The summed E-state index contributed by atoms with van der Waals surface area (Å²) in [6.45, 7) is 0.687. The van der Waals surface area contributed by atoms with Crippen molar-refractivity contribution in [1.82, 2.24) is 9.88 Å². The maximum Gasteiger partial charge on any atom is 0.305 e. The van der Waals surface area contributed by atoms with Crippen molar-refractivity contribution in [2.45, 2.75) is 43.6 Å². The number of aromatic nitrogens is 1. The van der Waals surface area contributed by atoms with E-state index in [0.29, 0.717) is 17.1 Å². The number of carbonyl (C=O) groups is 2. The van der Waals surface area contributed by atoms with Gasteiger partial charge in [-0.1, -0.05) is 23.7 Å². The molecule has 1 aromatic heterocycles. The van der Waals surface area contributed by atoms with Crippen LogP contribution in [-0.2, 0) is 10.2 Å². The predicted octanol–water partition coefficient (Wildman–Crippen LogP) is 3.49. The Balaban J connectivity index is 1.78. The Bertz CT molecular complexity index is 851. The van der Waals surface area contributed by atoms with E-state index in [0.717, 1.165) is 31.2 Å². The lowest BCUT2D eigenvalue weighted by atomic mass is 9.68. The smallest absolute Gasteiger partial charge is 0.305 e. The number of nitrogens with zero attached hydrogens (tertiary/aromatic N) is 2. The molecule has 0 saturated heterocycles. The molecular weight excluding hydrogens is 390 g/mol. The zero-order chi connectivity index (χ0) is 20.9. The Kier molecular flexibility index (Phi) is 6.87. The highest BCUT2D eigenvalue weighted by molar-refractivity contribution is 6.30. The van der Waals surface area contributed by atoms with Gasteiger partial charge in [0.2, 0.25) is 0 Å². The van der Waals surface area contributed by atoms with Gasteiger partial charge < -0.3 is 15.7 Å². The molecule has 1 amide bonds. The van der Waals surface area contributed by atoms with E-state index < -0.39 is 5.97 Å². The molecule has 1 aromatic carbocycles. The van der Waals surface area contributed by atoms with Crippen LogP contribution in [0.15, 0.2) is 48.8 Å². The number of carboxylic acid groups (broad SMARTS) is 1. The molecule has 0 radical (unpaired) electrons. The summed E-state index contributed by atoms with van der Waals surface area (Å²) < 4.78 is 0. The van der Waals surface area contributed by atoms with Crippen LogP contribution in [0.3, 0.4) is 0 Å². The fourth-order valence-corrected chi connectivity index (χ4v) is 4.41. The van der Waals surface area contributed by atoms with Crippen LogP contribution in [0.5, 0.6) is 0 Å². The van der Waals surface area contributed by atoms with Crippen LogP contribution in [0.1, 0.15) is 48.0 Å². The first-order valence-corrected chi connectivity index (χ1v) is 10.2. The number of carbonyl (C=O) groups excluding carboxylic acids is 1. The van der Waals surface area contributed by atoms with Gasteiger partial charge in [-0.3, -0.25) is 14.6 Å². The Morgan fingerprint density at radius 2 is 2.00 bits per heavy atom. The second-order valence-electron chi connectivity index (χ2n) is 7.61. The number of pyridine rings is 1. The fraction of sp³-hybridized carbons (Fsp3) is 0.409. The van der Waals surface area contributed by atoms with Crippen LogP contribution in [-0.4, -0.2) is 46.0 Å². The Labute approximate surface area is 175 Å². The molecule has 0 atom stereocenters. The average molecular weight is 416 g/mol. The maximum absolute atomic E-state index is 13.1. The minimum Gasteiger partial charge on any atom is -0.481 e. The quantitative estimate of drug-likeness (QED) is 0.721. The number of nitrogens with two attached hydrogens (primary N) is 1. The third-order valence-electron chi connectivity index (χ3n) is 5.92. The average Bonchev–Trinajstić information content (AvgIpc) is 2.74. The van der Waals surface area contributed by atoms with Gasteiger partial charge in [-0.2, -0.15) is 0 Å². The number of benzene rings is 1. The largest absolute Gasteiger partial charge is 0.481 e. The number of halogens is 1. The van der Waals surface area contributed by atoms with Gasteiger partial charge in [0, 0.05) is 42.0 Å². The van der Waals surface area contributed by atoms with E-state index in [-0.39, 0.29) is 30.3 Å². The molecule has 0 aliphatic heterocycles. The number of aliphatic carboxylic acids is 1. The molecule has 6 nitrogen and oxygen atoms in total. The van der Waals surface area contributed by atoms with E-state index >= 15 is 0 Å². The van der Waals surface area contributed by atoms with Gasteiger partial charge in [0.05, 0.1) is 12.0 Å². The molecule has 1 saturated carbocycles. The molecule has 0 spiro atoms. The highest BCUT2D eigenvalue weighted by Gasteiger charge is 2.38. The zero-order valence-corrected chi connectivity index (χ0v) is 17.0. The van der Waals surface area contributed by atoms with Crippen molar-refractivity contribution in [3.8, 4) is 0 Å². The lowest BCUT2D eigenvalue weighted by Gasteiger charge is -2.43. The molecule has 3 N–H and O–H groups in total. The number of rotatable bonds is 7. The summed E-state index contributed by atoms with van der Waals surface area (Å²) in [5.74, 6) is -1.09. The molecule has 1 heterocycles. The van der Waals surface area contributed by atoms with Crippen molar-refractivity contribution < 1.29 is 14.7 Å². The van der Waals surface area contributed by atoms with Crippen LogP contribution < -0.4 is 5.73 Å². The predicted molar refractivity (Wildman–Crippen MR) is 112 cm³/mol. The normalized spacial score (nSPS) is 21.5. The second kappa shape index (κ2) is 9.37. The molecule has 1 aliphatic rings. The van der Waals surface area contributed by atoms with Crippen molar-refractivity contribution >= 4 is 23.5 Å². The van der Waals surface area contributed by atoms with Crippen molar-refractivity contribution in [1.29, 1.82) is 0 Å². The molecule has 29 heavy (non-hydrogen) atoms. The van der Waals surface area contributed by atoms with Gasteiger partial charge >= 0.3 is 5.97 Å². The van der Waals surface area contributed by atoms with E-state index in [1.54, 1.807) is 23.2 Å². The van der Waals surface area contributed by atoms with Crippen LogP contribution >= 0.6 is 11.6 Å². The first kappa shape index (κ1) is 21.3. The van der Waals surface area contributed by atoms with Crippen molar-refractivity contribution in [3.63, 3.8) is 0 Å². The summed E-state index contributed by atoms with van der Waals surface area (Å²) in [5, 5.41) is 9.82. The molecule has 0 bridgehead atoms. The Hall–Kier alpha value is -2.44. The van der Waals surface area contributed by atoms with Gasteiger partial charge in [-0.05, 0) is 55.5 Å². The maximum atomic E-state index is 13.1. The van der Waals surface area contributed by atoms with Crippen LogP contribution in [0.4, 0.5) is 0 Å². The molecule has 154 valence electrons. The Morgan fingerprint density at radius 1 is 1.24 bits per heavy atom. The third kappa shape index (κ3) is 4.95. The molecule has 1 aliphatic carbocycles. The molecule has 2 aromatic rings.